The zero-order chi connectivity index (χ0) is 19.6. The molecule has 0 saturated heterocycles. The van der Waals surface area contributed by atoms with E-state index in [-0.39, 0.29) is 17.3 Å². The van der Waals surface area contributed by atoms with Gasteiger partial charge in [0.05, 0.1) is 18.7 Å². The van der Waals surface area contributed by atoms with E-state index in [1.807, 2.05) is 55.6 Å². The Morgan fingerprint density at radius 3 is 2.52 bits per heavy atom. The second-order valence-corrected chi connectivity index (χ2v) is 7.96. The van der Waals surface area contributed by atoms with Crippen LogP contribution in [0, 0.1) is 5.92 Å². The topological polar surface area (TPSA) is 66.8 Å². The van der Waals surface area contributed by atoms with Crippen molar-refractivity contribution in [2.45, 2.75) is 32.9 Å². The van der Waals surface area contributed by atoms with Crippen molar-refractivity contribution in [3.8, 4) is 5.75 Å². The first kappa shape index (κ1) is 19.2. The number of hydrogen-bond acceptors (Lipinski definition) is 5. The molecule has 1 atom stereocenters. The van der Waals surface area contributed by atoms with E-state index >= 15 is 0 Å². The van der Waals surface area contributed by atoms with Gasteiger partial charge in [0.1, 0.15) is 5.75 Å². The van der Waals surface area contributed by atoms with Gasteiger partial charge in [-0.15, -0.1) is 11.3 Å². The van der Waals surface area contributed by atoms with Crippen LogP contribution in [-0.2, 0) is 16.1 Å². The molecule has 0 radical (unpaired) electrons. The molecule has 1 aromatic heterocycles. The SMILES string of the molecule is COc1ccc(CN2C(=O)C(O)=C(C(=O)CC(C)C)C2c2cccs2)cc1. The maximum Gasteiger partial charge on any atom is 0.290 e. The summed E-state index contributed by atoms with van der Waals surface area (Å²) in [5, 5.41) is 12.4. The summed E-state index contributed by atoms with van der Waals surface area (Å²) in [6, 6.07) is 10.6. The predicted molar refractivity (Wildman–Crippen MR) is 105 cm³/mol. The van der Waals surface area contributed by atoms with Gasteiger partial charge in [0.25, 0.3) is 5.91 Å². The van der Waals surface area contributed by atoms with Crippen molar-refractivity contribution in [3.63, 3.8) is 0 Å². The highest BCUT2D eigenvalue weighted by atomic mass is 32.1. The summed E-state index contributed by atoms with van der Waals surface area (Å²) < 4.78 is 5.17. The number of nitrogens with zero attached hydrogens (tertiary/aromatic N) is 1. The summed E-state index contributed by atoms with van der Waals surface area (Å²) in [4.78, 5) is 28.0. The summed E-state index contributed by atoms with van der Waals surface area (Å²) in [5.41, 5.74) is 1.11. The van der Waals surface area contributed by atoms with Crippen LogP contribution < -0.4 is 4.74 Å². The summed E-state index contributed by atoms with van der Waals surface area (Å²) in [5.74, 6) is -0.224. The second-order valence-electron chi connectivity index (χ2n) is 6.98. The predicted octanol–water partition coefficient (Wildman–Crippen LogP) is 4.27. The van der Waals surface area contributed by atoms with Crippen LogP contribution >= 0.6 is 11.3 Å². The fourth-order valence-electron chi connectivity index (χ4n) is 3.25. The van der Waals surface area contributed by atoms with E-state index in [0.717, 1.165) is 16.2 Å². The Morgan fingerprint density at radius 1 is 1.26 bits per heavy atom. The van der Waals surface area contributed by atoms with Crippen LogP contribution in [0.1, 0.15) is 36.8 Å². The Morgan fingerprint density at radius 2 is 1.96 bits per heavy atom. The van der Waals surface area contributed by atoms with Gasteiger partial charge in [-0.05, 0) is 35.1 Å². The molecule has 1 amide bonds. The largest absolute Gasteiger partial charge is 0.503 e. The minimum Gasteiger partial charge on any atom is -0.503 e. The van der Waals surface area contributed by atoms with E-state index in [2.05, 4.69) is 0 Å². The number of rotatable bonds is 7. The molecule has 142 valence electrons. The Hall–Kier alpha value is -2.60. The molecule has 2 aromatic rings. The lowest BCUT2D eigenvalue weighted by Crippen LogP contribution is -2.30. The van der Waals surface area contributed by atoms with E-state index < -0.39 is 17.7 Å². The number of carbonyl (C=O) groups is 2. The lowest BCUT2D eigenvalue weighted by molar-refractivity contribution is -0.130. The summed E-state index contributed by atoms with van der Waals surface area (Å²) >= 11 is 1.47. The van der Waals surface area contributed by atoms with Gasteiger partial charge in [-0.25, -0.2) is 0 Å². The van der Waals surface area contributed by atoms with Crippen molar-refractivity contribution in [1.29, 1.82) is 0 Å². The van der Waals surface area contributed by atoms with Crippen molar-refractivity contribution < 1.29 is 19.4 Å². The van der Waals surface area contributed by atoms with E-state index in [0.29, 0.717) is 13.0 Å². The fraction of sp³-hybridized carbons (Fsp3) is 0.333. The van der Waals surface area contributed by atoms with Crippen LogP contribution in [0.25, 0.3) is 0 Å². The van der Waals surface area contributed by atoms with Crippen LogP contribution in [0.4, 0.5) is 0 Å². The highest BCUT2D eigenvalue weighted by Crippen LogP contribution is 2.41. The minimum atomic E-state index is -0.550. The third kappa shape index (κ3) is 3.90. The monoisotopic (exact) mass is 385 g/mol. The van der Waals surface area contributed by atoms with Gasteiger partial charge in [0, 0.05) is 17.8 Å². The van der Waals surface area contributed by atoms with Crippen LogP contribution in [0.15, 0.2) is 53.1 Å². The van der Waals surface area contributed by atoms with E-state index in [1.54, 1.807) is 12.0 Å². The van der Waals surface area contributed by atoms with Gasteiger partial charge in [0.15, 0.2) is 11.5 Å². The van der Waals surface area contributed by atoms with E-state index in [4.69, 9.17) is 4.74 Å². The Labute approximate surface area is 162 Å². The second kappa shape index (κ2) is 7.96. The molecule has 27 heavy (non-hydrogen) atoms. The first-order valence-corrected chi connectivity index (χ1v) is 9.74. The Bertz CT molecular complexity index is 853. The standard InChI is InChI=1S/C21H23NO4S/c1-13(2)11-16(23)18-19(17-5-4-10-27-17)22(21(25)20(18)24)12-14-6-8-15(26-3)9-7-14/h4-10,13,19,24H,11-12H2,1-3H3. The Kier molecular flexibility index (Phi) is 5.65. The number of thiophene rings is 1. The normalized spacial score (nSPS) is 17.1. The van der Waals surface area contributed by atoms with Crippen LogP contribution in [0.3, 0.4) is 0 Å². The van der Waals surface area contributed by atoms with Crippen molar-refractivity contribution in [2.24, 2.45) is 5.92 Å². The molecule has 0 saturated carbocycles. The number of methoxy groups -OCH3 is 1. The third-order valence-electron chi connectivity index (χ3n) is 4.52. The maximum atomic E-state index is 12.8. The van der Waals surface area contributed by atoms with Crippen molar-refractivity contribution in [1.82, 2.24) is 4.90 Å². The molecule has 6 heteroatoms. The van der Waals surface area contributed by atoms with Crippen molar-refractivity contribution in [3.05, 3.63) is 63.6 Å². The number of ketones is 1. The van der Waals surface area contributed by atoms with Gasteiger partial charge in [-0.2, -0.15) is 0 Å². The molecule has 1 aromatic carbocycles. The molecule has 0 spiro atoms. The first-order valence-electron chi connectivity index (χ1n) is 8.86. The number of Topliss-reactive ketones (excluding diaryl/α,β-unsaturated/α-hetero) is 1. The van der Waals surface area contributed by atoms with Gasteiger partial charge in [-0.3, -0.25) is 9.59 Å². The number of ether oxygens (including phenoxy) is 1. The lowest BCUT2D eigenvalue weighted by atomic mass is 9.95. The average Bonchev–Trinajstić information content (AvgIpc) is 3.24. The summed E-state index contributed by atoms with van der Waals surface area (Å²) in [6.07, 6.45) is 0.297. The third-order valence-corrected chi connectivity index (χ3v) is 5.45. The molecule has 0 fully saturated rings. The van der Waals surface area contributed by atoms with Gasteiger partial charge < -0.3 is 14.7 Å². The minimum absolute atomic E-state index is 0.146. The molecule has 1 aliphatic heterocycles. The molecule has 3 rings (SSSR count). The average molecular weight is 385 g/mol. The van der Waals surface area contributed by atoms with Crippen LogP contribution in [0.5, 0.6) is 5.75 Å². The van der Waals surface area contributed by atoms with Crippen molar-refractivity contribution >= 4 is 23.0 Å². The molecule has 0 aliphatic carbocycles. The summed E-state index contributed by atoms with van der Waals surface area (Å²) in [7, 11) is 1.60. The molecule has 5 nitrogen and oxygen atoms in total. The van der Waals surface area contributed by atoms with Gasteiger partial charge in [0.2, 0.25) is 0 Å². The highest BCUT2D eigenvalue weighted by Gasteiger charge is 2.43. The first-order chi connectivity index (χ1) is 12.9. The number of benzene rings is 1. The molecular formula is C21H23NO4S. The number of amides is 1. The zero-order valence-corrected chi connectivity index (χ0v) is 16.5. The maximum absolute atomic E-state index is 12.8. The van der Waals surface area contributed by atoms with Crippen LogP contribution in [0.2, 0.25) is 0 Å². The molecule has 2 heterocycles. The number of aliphatic hydroxyl groups is 1. The molecular weight excluding hydrogens is 362 g/mol. The quantitative estimate of drug-likeness (QED) is 0.773. The number of hydrogen-bond donors (Lipinski definition) is 1. The Balaban J connectivity index is 1.95. The fourth-order valence-corrected chi connectivity index (χ4v) is 4.10. The van der Waals surface area contributed by atoms with Crippen molar-refractivity contribution in [2.75, 3.05) is 7.11 Å². The summed E-state index contributed by atoms with van der Waals surface area (Å²) in [6.45, 7) is 4.19. The highest BCUT2D eigenvalue weighted by molar-refractivity contribution is 7.10. The molecule has 1 unspecified atom stereocenters. The smallest absolute Gasteiger partial charge is 0.290 e. The van der Waals surface area contributed by atoms with Crippen LogP contribution in [-0.4, -0.2) is 28.8 Å². The number of aliphatic hydroxyl groups excluding tert-OH is 1. The van der Waals surface area contributed by atoms with Gasteiger partial charge >= 0.3 is 0 Å². The molecule has 1 aliphatic rings. The van der Waals surface area contributed by atoms with Gasteiger partial charge in [-0.1, -0.05) is 32.0 Å². The van der Waals surface area contributed by atoms with E-state index in [1.165, 1.54) is 11.3 Å². The van der Waals surface area contributed by atoms with E-state index in [9.17, 15) is 14.7 Å². The lowest BCUT2D eigenvalue weighted by Gasteiger charge is -2.26. The molecule has 1 N–H and O–H groups in total. The number of carbonyl (C=O) groups excluding carboxylic acids is 2. The molecule has 0 bridgehead atoms. The zero-order valence-electron chi connectivity index (χ0n) is 15.6.